The molecule has 4 rings (SSSR count). The summed E-state index contributed by atoms with van der Waals surface area (Å²) in [5.41, 5.74) is 1.18. The molecule has 0 unspecified atom stereocenters. The van der Waals surface area contributed by atoms with Crippen LogP contribution < -0.4 is 5.32 Å². The third-order valence-electron chi connectivity index (χ3n) is 5.65. The second-order valence-electron chi connectivity index (χ2n) is 9.13. The van der Waals surface area contributed by atoms with Crippen molar-refractivity contribution >= 4 is 32.8 Å². The number of aromatic nitrogens is 3. The lowest BCUT2D eigenvalue weighted by Gasteiger charge is -2.26. The SMILES string of the molecule is Cn1c(CCC(=O)Nc2cc(C(C)(C)C)on2)nc2cc(S(=O)(=O)N3CCOCC3)ccc21. The van der Waals surface area contributed by atoms with E-state index in [1.807, 2.05) is 32.4 Å². The van der Waals surface area contributed by atoms with Crippen molar-refractivity contribution in [3.05, 3.63) is 35.9 Å². The van der Waals surface area contributed by atoms with Gasteiger partial charge in [-0.1, -0.05) is 25.9 Å². The number of anilines is 1. The molecule has 0 saturated carbocycles. The van der Waals surface area contributed by atoms with E-state index in [1.54, 1.807) is 24.3 Å². The Bertz CT molecular complexity index is 1270. The summed E-state index contributed by atoms with van der Waals surface area (Å²) in [6.45, 7) is 7.47. The van der Waals surface area contributed by atoms with Crippen molar-refractivity contribution < 1.29 is 22.5 Å². The highest BCUT2D eigenvalue weighted by Gasteiger charge is 2.27. The van der Waals surface area contributed by atoms with E-state index in [0.29, 0.717) is 55.6 Å². The van der Waals surface area contributed by atoms with Gasteiger partial charge in [-0.2, -0.15) is 4.31 Å². The second kappa shape index (κ2) is 8.88. The normalized spacial score (nSPS) is 15.8. The van der Waals surface area contributed by atoms with E-state index in [2.05, 4.69) is 15.5 Å². The van der Waals surface area contributed by atoms with Gasteiger partial charge in [-0.25, -0.2) is 13.4 Å². The van der Waals surface area contributed by atoms with Crippen LogP contribution in [0, 0.1) is 0 Å². The molecule has 1 aliphatic rings. The van der Waals surface area contributed by atoms with Gasteiger partial charge in [0.15, 0.2) is 5.82 Å². The summed E-state index contributed by atoms with van der Waals surface area (Å²) in [5, 5.41) is 6.65. The number of imidazole rings is 1. The van der Waals surface area contributed by atoms with Crippen LogP contribution in [-0.2, 0) is 38.4 Å². The zero-order chi connectivity index (χ0) is 23.8. The first-order valence-electron chi connectivity index (χ1n) is 10.9. The number of carbonyl (C=O) groups excluding carboxylic acids is 1. The number of aryl methyl sites for hydroxylation is 2. The first-order chi connectivity index (χ1) is 15.6. The molecular formula is C22H29N5O5S. The minimum absolute atomic E-state index is 0.197. The molecule has 1 aliphatic heterocycles. The highest BCUT2D eigenvalue weighted by molar-refractivity contribution is 7.89. The number of nitrogens with one attached hydrogen (secondary N) is 1. The van der Waals surface area contributed by atoms with Crippen LogP contribution in [0.15, 0.2) is 33.7 Å². The first-order valence-corrected chi connectivity index (χ1v) is 12.3. The van der Waals surface area contributed by atoms with Gasteiger partial charge in [0, 0.05) is 44.5 Å². The summed E-state index contributed by atoms with van der Waals surface area (Å²) in [6, 6.07) is 6.67. The van der Waals surface area contributed by atoms with Gasteiger partial charge in [0.1, 0.15) is 11.6 Å². The third kappa shape index (κ3) is 4.94. The Labute approximate surface area is 192 Å². The van der Waals surface area contributed by atoms with Crippen LogP contribution >= 0.6 is 0 Å². The van der Waals surface area contributed by atoms with Gasteiger partial charge in [0.05, 0.1) is 29.1 Å². The number of amides is 1. The van der Waals surface area contributed by atoms with Crippen molar-refractivity contribution in [2.75, 3.05) is 31.6 Å². The summed E-state index contributed by atoms with van der Waals surface area (Å²) < 4.78 is 39.7. The fourth-order valence-corrected chi connectivity index (χ4v) is 5.10. The molecule has 3 heterocycles. The predicted molar refractivity (Wildman–Crippen MR) is 122 cm³/mol. The lowest BCUT2D eigenvalue weighted by atomic mass is 9.93. The molecule has 10 nitrogen and oxygen atoms in total. The van der Waals surface area contributed by atoms with Gasteiger partial charge in [-0.05, 0) is 18.2 Å². The molecule has 33 heavy (non-hydrogen) atoms. The summed E-state index contributed by atoms with van der Waals surface area (Å²) in [7, 11) is -1.75. The standard InChI is InChI=1S/C22H29N5O5S/c1-22(2,3)18-14-19(25-32-18)24-21(28)8-7-20-23-16-13-15(5-6-17(16)26(20)4)33(29,30)27-9-11-31-12-10-27/h5-6,13-14H,7-12H2,1-4H3,(H,24,25,28). The van der Waals surface area contributed by atoms with Gasteiger partial charge in [-0.15, -0.1) is 0 Å². The first kappa shape index (κ1) is 23.4. The molecule has 0 atom stereocenters. The Kier molecular flexibility index (Phi) is 6.30. The van der Waals surface area contributed by atoms with Crippen LogP contribution in [-0.4, -0.2) is 59.6 Å². The largest absolute Gasteiger partial charge is 0.379 e. The van der Waals surface area contributed by atoms with Gasteiger partial charge >= 0.3 is 0 Å². The third-order valence-corrected chi connectivity index (χ3v) is 7.54. The molecule has 3 aromatic rings. The van der Waals surface area contributed by atoms with Crippen molar-refractivity contribution in [1.29, 1.82) is 0 Å². The molecule has 1 amide bonds. The smallest absolute Gasteiger partial charge is 0.243 e. The van der Waals surface area contributed by atoms with E-state index in [-0.39, 0.29) is 22.6 Å². The monoisotopic (exact) mass is 475 g/mol. The van der Waals surface area contributed by atoms with E-state index in [4.69, 9.17) is 9.26 Å². The summed E-state index contributed by atoms with van der Waals surface area (Å²) in [4.78, 5) is 17.2. The van der Waals surface area contributed by atoms with E-state index in [9.17, 15) is 13.2 Å². The Morgan fingerprint density at radius 3 is 2.58 bits per heavy atom. The van der Waals surface area contributed by atoms with Crippen LogP contribution in [0.4, 0.5) is 5.82 Å². The maximum Gasteiger partial charge on any atom is 0.243 e. The molecule has 0 bridgehead atoms. The number of carbonyl (C=O) groups is 1. The van der Waals surface area contributed by atoms with Crippen LogP contribution in [0.1, 0.15) is 38.8 Å². The predicted octanol–water partition coefficient (Wildman–Crippen LogP) is 2.45. The van der Waals surface area contributed by atoms with Crippen LogP contribution in [0.25, 0.3) is 11.0 Å². The molecular weight excluding hydrogens is 446 g/mol. The maximum atomic E-state index is 12.9. The number of rotatable bonds is 6. The van der Waals surface area contributed by atoms with Crippen LogP contribution in [0.3, 0.4) is 0 Å². The second-order valence-corrected chi connectivity index (χ2v) is 11.1. The molecule has 1 aromatic carbocycles. The summed E-state index contributed by atoms with van der Waals surface area (Å²) in [5.74, 6) is 1.56. The number of ether oxygens (including phenoxy) is 1. The molecule has 0 spiro atoms. The Hall–Kier alpha value is -2.76. The summed E-state index contributed by atoms with van der Waals surface area (Å²) in [6.07, 6.45) is 0.598. The van der Waals surface area contributed by atoms with Crippen LogP contribution in [0.5, 0.6) is 0 Å². The molecule has 0 radical (unpaired) electrons. The van der Waals surface area contributed by atoms with Crippen LogP contribution in [0.2, 0.25) is 0 Å². The van der Waals surface area contributed by atoms with Crippen molar-refractivity contribution in [3.63, 3.8) is 0 Å². The molecule has 1 fully saturated rings. The minimum Gasteiger partial charge on any atom is -0.379 e. The number of benzene rings is 1. The highest BCUT2D eigenvalue weighted by Crippen LogP contribution is 2.25. The fraction of sp³-hybridized carbons (Fsp3) is 0.500. The zero-order valence-corrected chi connectivity index (χ0v) is 20.1. The minimum atomic E-state index is -3.60. The Morgan fingerprint density at radius 2 is 1.91 bits per heavy atom. The molecule has 2 aromatic heterocycles. The van der Waals surface area contributed by atoms with Gasteiger partial charge in [0.25, 0.3) is 0 Å². The zero-order valence-electron chi connectivity index (χ0n) is 19.3. The topological polar surface area (TPSA) is 120 Å². The number of hydrogen-bond donors (Lipinski definition) is 1. The molecule has 0 aliphatic carbocycles. The summed E-state index contributed by atoms with van der Waals surface area (Å²) >= 11 is 0. The van der Waals surface area contributed by atoms with E-state index in [0.717, 1.165) is 5.52 Å². The highest BCUT2D eigenvalue weighted by atomic mass is 32.2. The number of fused-ring (bicyclic) bond motifs is 1. The lowest BCUT2D eigenvalue weighted by molar-refractivity contribution is -0.116. The Balaban J connectivity index is 1.45. The Morgan fingerprint density at radius 1 is 1.18 bits per heavy atom. The molecule has 1 N–H and O–H groups in total. The number of sulfonamides is 1. The number of nitrogens with zero attached hydrogens (tertiary/aromatic N) is 4. The average molecular weight is 476 g/mol. The number of hydrogen-bond acceptors (Lipinski definition) is 7. The lowest BCUT2D eigenvalue weighted by Crippen LogP contribution is -2.40. The van der Waals surface area contributed by atoms with Gasteiger partial charge in [0.2, 0.25) is 15.9 Å². The van der Waals surface area contributed by atoms with E-state index >= 15 is 0 Å². The maximum absolute atomic E-state index is 12.9. The van der Waals surface area contributed by atoms with Crippen molar-refractivity contribution in [1.82, 2.24) is 19.0 Å². The van der Waals surface area contributed by atoms with E-state index < -0.39 is 10.0 Å². The van der Waals surface area contributed by atoms with Gasteiger partial charge in [-0.3, -0.25) is 4.79 Å². The van der Waals surface area contributed by atoms with Crippen molar-refractivity contribution in [2.45, 2.75) is 43.9 Å². The van der Waals surface area contributed by atoms with Gasteiger partial charge < -0.3 is 19.1 Å². The molecule has 178 valence electrons. The fourth-order valence-electron chi connectivity index (χ4n) is 3.67. The molecule has 11 heteroatoms. The quantitative estimate of drug-likeness (QED) is 0.581. The van der Waals surface area contributed by atoms with Crippen molar-refractivity contribution in [2.24, 2.45) is 7.05 Å². The average Bonchev–Trinajstić information content (AvgIpc) is 3.37. The number of morpholine rings is 1. The molecule has 1 saturated heterocycles. The van der Waals surface area contributed by atoms with Crippen molar-refractivity contribution in [3.8, 4) is 0 Å². The van der Waals surface area contributed by atoms with E-state index in [1.165, 1.54) is 4.31 Å².